The summed E-state index contributed by atoms with van der Waals surface area (Å²) >= 11 is 0. The number of rotatable bonds is 5. The molecule has 0 saturated heterocycles. The Morgan fingerprint density at radius 2 is 1.50 bits per heavy atom. The summed E-state index contributed by atoms with van der Waals surface area (Å²) < 4.78 is 0. The van der Waals surface area contributed by atoms with Crippen molar-refractivity contribution in [3.05, 3.63) is 43.0 Å². The summed E-state index contributed by atoms with van der Waals surface area (Å²) in [7, 11) is 0. The van der Waals surface area contributed by atoms with Gasteiger partial charge in [0.25, 0.3) is 11.4 Å². The van der Waals surface area contributed by atoms with E-state index in [-0.39, 0.29) is 16.9 Å². The van der Waals surface area contributed by atoms with Crippen molar-refractivity contribution in [1.29, 1.82) is 0 Å². The van der Waals surface area contributed by atoms with Crippen LogP contribution in [-0.4, -0.2) is 9.85 Å². The summed E-state index contributed by atoms with van der Waals surface area (Å²) in [6.45, 7) is 5.18. The Balaban J connectivity index is 3.54. The van der Waals surface area contributed by atoms with Gasteiger partial charge in [-0.05, 0) is 32.8 Å². The zero-order valence-corrected chi connectivity index (χ0v) is 10.7. The number of hydrogen-bond donors (Lipinski definition) is 0. The lowest BCUT2D eigenvalue weighted by atomic mass is 9.97. The zero-order valence-electron chi connectivity index (χ0n) is 10.7. The molecule has 0 atom stereocenters. The van der Waals surface area contributed by atoms with E-state index in [9.17, 15) is 20.2 Å². The minimum absolute atomic E-state index is 0.110. The molecule has 1 rings (SSSR count). The smallest absolute Gasteiger partial charge is 0.258 e. The third kappa shape index (κ3) is 2.64. The maximum atomic E-state index is 11.1. The summed E-state index contributed by atoms with van der Waals surface area (Å²) in [5.74, 6) is 0. The number of nitro groups is 2. The fraction of sp³-hybridized carbons (Fsp3) is 0.500. The summed E-state index contributed by atoms with van der Waals surface area (Å²) in [4.78, 5) is 21.1. The molecule has 98 valence electrons. The van der Waals surface area contributed by atoms with Crippen LogP contribution >= 0.6 is 0 Å². The molecule has 6 nitrogen and oxygen atoms in total. The average Bonchev–Trinajstić information content (AvgIpc) is 2.23. The summed E-state index contributed by atoms with van der Waals surface area (Å²) in [5.41, 5.74) is 0.995. The van der Waals surface area contributed by atoms with E-state index in [0.29, 0.717) is 24.0 Å². The van der Waals surface area contributed by atoms with Gasteiger partial charge in [0.05, 0.1) is 9.85 Å². The topological polar surface area (TPSA) is 86.3 Å². The number of nitro benzene ring substituents is 2. The average molecular weight is 252 g/mol. The number of benzene rings is 1. The lowest BCUT2D eigenvalue weighted by molar-refractivity contribution is -0.396. The van der Waals surface area contributed by atoms with Crippen LogP contribution in [0, 0.1) is 34.1 Å². The fourth-order valence-corrected chi connectivity index (χ4v) is 2.15. The van der Waals surface area contributed by atoms with Crippen LogP contribution in [-0.2, 0) is 6.42 Å². The van der Waals surface area contributed by atoms with Gasteiger partial charge in [-0.1, -0.05) is 13.3 Å². The van der Waals surface area contributed by atoms with Crippen molar-refractivity contribution in [2.45, 2.75) is 40.0 Å². The van der Waals surface area contributed by atoms with E-state index in [2.05, 4.69) is 0 Å². The van der Waals surface area contributed by atoms with E-state index >= 15 is 0 Å². The first-order valence-electron chi connectivity index (χ1n) is 5.82. The highest BCUT2D eigenvalue weighted by atomic mass is 16.6. The van der Waals surface area contributed by atoms with Crippen molar-refractivity contribution >= 4 is 11.4 Å². The minimum atomic E-state index is -0.521. The first-order valence-corrected chi connectivity index (χ1v) is 5.82. The Kier molecular flexibility index (Phi) is 4.36. The van der Waals surface area contributed by atoms with E-state index in [4.69, 9.17) is 0 Å². The van der Waals surface area contributed by atoms with Crippen LogP contribution in [0.1, 0.15) is 36.5 Å². The monoisotopic (exact) mass is 252 g/mol. The first kappa shape index (κ1) is 14.1. The largest absolute Gasteiger partial charge is 0.282 e. The van der Waals surface area contributed by atoms with Gasteiger partial charge in [0.2, 0.25) is 0 Å². The molecule has 0 amide bonds. The molecule has 6 heteroatoms. The second-order valence-corrected chi connectivity index (χ2v) is 4.30. The van der Waals surface area contributed by atoms with Gasteiger partial charge in [-0.2, -0.15) is 0 Å². The van der Waals surface area contributed by atoms with E-state index in [1.807, 2.05) is 6.92 Å². The van der Waals surface area contributed by atoms with Crippen molar-refractivity contribution in [2.24, 2.45) is 0 Å². The fourth-order valence-electron chi connectivity index (χ4n) is 2.15. The second-order valence-electron chi connectivity index (χ2n) is 4.30. The molecular weight excluding hydrogens is 236 g/mol. The van der Waals surface area contributed by atoms with Crippen LogP contribution in [0.2, 0.25) is 0 Å². The molecule has 1 aromatic rings. The van der Waals surface area contributed by atoms with Gasteiger partial charge >= 0.3 is 0 Å². The quantitative estimate of drug-likeness (QED) is 0.593. The Bertz CT molecular complexity index is 459. The zero-order chi connectivity index (χ0) is 13.9. The predicted octanol–water partition coefficient (Wildman–Crippen LogP) is 3.46. The van der Waals surface area contributed by atoms with Crippen LogP contribution in [0.25, 0.3) is 0 Å². The van der Waals surface area contributed by atoms with Crippen molar-refractivity contribution in [1.82, 2.24) is 0 Å². The van der Waals surface area contributed by atoms with Crippen LogP contribution in [0.15, 0.2) is 6.07 Å². The highest BCUT2D eigenvalue weighted by Gasteiger charge is 2.28. The molecule has 1 aromatic carbocycles. The van der Waals surface area contributed by atoms with Crippen LogP contribution < -0.4 is 0 Å². The normalized spacial score (nSPS) is 10.4. The molecule has 0 aromatic heterocycles. The van der Waals surface area contributed by atoms with Gasteiger partial charge < -0.3 is 0 Å². The lowest BCUT2D eigenvalue weighted by Crippen LogP contribution is -2.05. The van der Waals surface area contributed by atoms with Gasteiger partial charge in [0.1, 0.15) is 5.56 Å². The Labute approximate surface area is 105 Å². The van der Waals surface area contributed by atoms with E-state index in [1.165, 1.54) is 6.07 Å². The SMILES string of the molecule is CCCCc1c([N+](=O)[O-])c(C)cc(C)c1[N+](=O)[O-]. The standard InChI is InChI=1S/C12H16N2O4/c1-4-5-6-10-11(13(15)16)8(2)7-9(3)12(10)14(17)18/h7H,4-6H2,1-3H3. The van der Waals surface area contributed by atoms with Crippen molar-refractivity contribution in [3.63, 3.8) is 0 Å². The Hall–Kier alpha value is -1.98. The van der Waals surface area contributed by atoms with Gasteiger partial charge in [0.15, 0.2) is 0 Å². The molecule has 0 aliphatic carbocycles. The second kappa shape index (κ2) is 5.57. The Morgan fingerprint density at radius 3 is 1.83 bits per heavy atom. The summed E-state index contributed by atoms with van der Waals surface area (Å²) in [5, 5.41) is 22.1. The molecule has 0 bridgehead atoms. The van der Waals surface area contributed by atoms with Gasteiger partial charge in [-0.3, -0.25) is 20.2 Å². The highest BCUT2D eigenvalue weighted by molar-refractivity contribution is 5.61. The molecule has 0 unspecified atom stereocenters. The van der Waals surface area contributed by atoms with E-state index in [0.717, 1.165) is 6.42 Å². The molecule has 0 N–H and O–H groups in total. The van der Waals surface area contributed by atoms with E-state index in [1.54, 1.807) is 13.8 Å². The van der Waals surface area contributed by atoms with Gasteiger partial charge in [0, 0.05) is 11.1 Å². The maximum absolute atomic E-state index is 11.1. The van der Waals surface area contributed by atoms with Crippen LogP contribution in [0.3, 0.4) is 0 Å². The molecule has 0 spiro atoms. The molecular formula is C12H16N2O4. The number of aryl methyl sites for hydroxylation is 2. The maximum Gasteiger partial charge on any atom is 0.282 e. The first-order chi connectivity index (χ1) is 8.40. The molecule has 0 aliphatic rings. The van der Waals surface area contributed by atoms with Crippen LogP contribution in [0.4, 0.5) is 11.4 Å². The lowest BCUT2D eigenvalue weighted by Gasteiger charge is -2.08. The number of nitrogens with zero attached hydrogens (tertiary/aromatic N) is 2. The molecule has 0 fully saturated rings. The van der Waals surface area contributed by atoms with Gasteiger partial charge in [-0.15, -0.1) is 0 Å². The van der Waals surface area contributed by atoms with Crippen molar-refractivity contribution in [3.8, 4) is 0 Å². The van der Waals surface area contributed by atoms with Crippen molar-refractivity contribution < 1.29 is 9.85 Å². The van der Waals surface area contributed by atoms with E-state index < -0.39 is 9.85 Å². The highest BCUT2D eigenvalue weighted by Crippen LogP contribution is 2.35. The van der Waals surface area contributed by atoms with Crippen LogP contribution in [0.5, 0.6) is 0 Å². The summed E-state index contributed by atoms with van der Waals surface area (Å²) in [6.07, 6.45) is 1.90. The summed E-state index contributed by atoms with van der Waals surface area (Å²) in [6, 6.07) is 1.51. The molecule has 18 heavy (non-hydrogen) atoms. The van der Waals surface area contributed by atoms with Crippen molar-refractivity contribution in [2.75, 3.05) is 0 Å². The predicted molar refractivity (Wildman–Crippen MR) is 67.8 cm³/mol. The number of hydrogen-bond acceptors (Lipinski definition) is 4. The third-order valence-electron chi connectivity index (χ3n) is 2.90. The van der Waals surface area contributed by atoms with Gasteiger partial charge in [-0.25, -0.2) is 0 Å². The molecule has 0 radical (unpaired) electrons. The minimum Gasteiger partial charge on any atom is -0.258 e. The molecule has 0 saturated carbocycles. The third-order valence-corrected chi connectivity index (χ3v) is 2.90. The molecule has 0 heterocycles. The number of unbranched alkanes of at least 4 members (excludes halogenated alkanes) is 1. The molecule has 0 aliphatic heterocycles. The Morgan fingerprint density at radius 1 is 1.06 bits per heavy atom.